The highest BCUT2D eigenvalue weighted by Gasteiger charge is 2.25. The maximum atomic E-state index is 8.99. The minimum absolute atomic E-state index is 0.317. The van der Waals surface area contributed by atoms with E-state index in [0.717, 1.165) is 12.5 Å². The monoisotopic (exact) mass is 185 g/mol. The van der Waals surface area contributed by atoms with Gasteiger partial charge in [0.05, 0.1) is 0 Å². The van der Waals surface area contributed by atoms with Crippen molar-refractivity contribution in [3.05, 3.63) is 0 Å². The molecule has 13 heavy (non-hydrogen) atoms. The van der Waals surface area contributed by atoms with Crippen LogP contribution >= 0.6 is 0 Å². The normalized spacial score (nSPS) is 33.2. The van der Waals surface area contributed by atoms with Crippen LogP contribution in [0.3, 0.4) is 0 Å². The Bertz CT molecular complexity index is 149. The van der Waals surface area contributed by atoms with E-state index in [9.17, 15) is 0 Å². The van der Waals surface area contributed by atoms with Gasteiger partial charge in [-0.2, -0.15) is 0 Å². The number of aliphatic hydroxyl groups is 1. The Labute approximate surface area is 81.9 Å². The van der Waals surface area contributed by atoms with Crippen LogP contribution in [0.4, 0.5) is 0 Å². The third-order valence-electron chi connectivity index (χ3n) is 3.36. The van der Waals surface area contributed by atoms with Crippen molar-refractivity contribution in [2.24, 2.45) is 11.8 Å². The molecule has 2 heteroatoms. The van der Waals surface area contributed by atoms with E-state index in [4.69, 9.17) is 5.11 Å². The van der Waals surface area contributed by atoms with Crippen LogP contribution in [-0.2, 0) is 0 Å². The minimum Gasteiger partial charge on any atom is -0.396 e. The lowest BCUT2D eigenvalue weighted by molar-refractivity contribution is 0.0832. The van der Waals surface area contributed by atoms with Gasteiger partial charge in [0.15, 0.2) is 0 Å². The van der Waals surface area contributed by atoms with Crippen LogP contribution in [0.15, 0.2) is 0 Å². The third kappa shape index (κ3) is 2.96. The first-order valence-corrected chi connectivity index (χ1v) is 5.50. The molecule has 1 N–H and O–H groups in total. The number of hydrogen-bond donors (Lipinski definition) is 1. The van der Waals surface area contributed by atoms with Crippen LogP contribution in [0.25, 0.3) is 0 Å². The SMILES string of the molecule is CC(CO)CN1CCCC(C)C1C. The van der Waals surface area contributed by atoms with Gasteiger partial charge in [0, 0.05) is 19.2 Å². The zero-order valence-corrected chi connectivity index (χ0v) is 9.16. The molecule has 1 heterocycles. The average molecular weight is 185 g/mol. The zero-order valence-electron chi connectivity index (χ0n) is 9.16. The Balaban J connectivity index is 2.39. The smallest absolute Gasteiger partial charge is 0.0468 e. The van der Waals surface area contributed by atoms with Gasteiger partial charge in [-0.1, -0.05) is 13.8 Å². The maximum absolute atomic E-state index is 8.99. The molecule has 0 amide bonds. The van der Waals surface area contributed by atoms with Crippen LogP contribution in [0.2, 0.25) is 0 Å². The average Bonchev–Trinajstić information content (AvgIpc) is 2.13. The van der Waals surface area contributed by atoms with Gasteiger partial charge in [0.2, 0.25) is 0 Å². The molecule has 0 aromatic rings. The third-order valence-corrected chi connectivity index (χ3v) is 3.36. The summed E-state index contributed by atoms with van der Waals surface area (Å²) in [5.41, 5.74) is 0. The van der Waals surface area contributed by atoms with Crippen LogP contribution < -0.4 is 0 Å². The summed E-state index contributed by atoms with van der Waals surface area (Å²) in [6.07, 6.45) is 2.69. The summed E-state index contributed by atoms with van der Waals surface area (Å²) in [6, 6.07) is 0.697. The minimum atomic E-state index is 0.317. The Morgan fingerprint density at radius 1 is 1.46 bits per heavy atom. The van der Waals surface area contributed by atoms with E-state index in [2.05, 4.69) is 25.7 Å². The fraction of sp³-hybridized carbons (Fsp3) is 1.00. The topological polar surface area (TPSA) is 23.5 Å². The Kier molecular flexibility index (Phi) is 4.20. The molecule has 78 valence electrons. The first-order chi connectivity index (χ1) is 6.15. The lowest BCUT2D eigenvalue weighted by atomic mass is 9.91. The van der Waals surface area contributed by atoms with Crippen molar-refractivity contribution in [2.45, 2.75) is 39.7 Å². The predicted molar refractivity (Wildman–Crippen MR) is 55.7 cm³/mol. The summed E-state index contributed by atoms with van der Waals surface area (Å²) in [4.78, 5) is 2.52. The molecule has 0 bridgehead atoms. The molecule has 1 aliphatic heterocycles. The summed E-state index contributed by atoms with van der Waals surface area (Å²) in [6.45, 7) is 9.36. The van der Waals surface area contributed by atoms with E-state index in [1.54, 1.807) is 0 Å². The van der Waals surface area contributed by atoms with Gasteiger partial charge in [-0.3, -0.25) is 0 Å². The van der Waals surface area contributed by atoms with Crippen molar-refractivity contribution in [1.82, 2.24) is 4.90 Å². The number of piperidine rings is 1. The highest BCUT2D eigenvalue weighted by molar-refractivity contribution is 4.79. The van der Waals surface area contributed by atoms with Gasteiger partial charge in [-0.05, 0) is 38.1 Å². The summed E-state index contributed by atoms with van der Waals surface area (Å²) in [5.74, 6) is 1.24. The molecular formula is C11H23NO. The molecule has 0 radical (unpaired) electrons. The van der Waals surface area contributed by atoms with E-state index >= 15 is 0 Å². The Morgan fingerprint density at radius 2 is 2.15 bits per heavy atom. The number of likely N-dealkylation sites (tertiary alicyclic amines) is 1. The first-order valence-electron chi connectivity index (χ1n) is 5.50. The van der Waals surface area contributed by atoms with Crippen molar-refractivity contribution >= 4 is 0 Å². The van der Waals surface area contributed by atoms with Gasteiger partial charge in [0.1, 0.15) is 0 Å². The van der Waals surface area contributed by atoms with Crippen LogP contribution in [0, 0.1) is 11.8 Å². The molecule has 0 aromatic heterocycles. The fourth-order valence-electron chi connectivity index (χ4n) is 2.14. The van der Waals surface area contributed by atoms with Crippen molar-refractivity contribution in [3.63, 3.8) is 0 Å². The molecule has 2 nitrogen and oxygen atoms in total. The summed E-state index contributed by atoms with van der Waals surface area (Å²) in [7, 11) is 0. The molecule has 1 rings (SSSR count). The van der Waals surface area contributed by atoms with Crippen LogP contribution in [0.5, 0.6) is 0 Å². The Hall–Kier alpha value is -0.0800. The second-order valence-corrected chi connectivity index (χ2v) is 4.64. The number of nitrogens with zero attached hydrogens (tertiary/aromatic N) is 1. The fourth-order valence-corrected chi connectivity index (χ4v) is 2.14. The summed E-state index contributed by atoms with van der Waals surface area (Å²) in [5, 5.41) is 8.99. The van der Waals surface area contributed by atoms with E-state index in [1.165, 1.54) is 19.4 Å². The zero-order chi connectivity index (χ0) is 9.84. The number of aliphatic hydroxyl groups excluding tert-OH is 1. The number of hydrogen-bond acceptors (Lipinski definition) is 2. The van der Waals surface area contributed by atoms with Crippen molar-refractivity contribution in [1.29, 1.82) is 0 Å². The molecule has 0 saturated carbocycles. The molecule has 3 atom stereocenters. The molecule has 1 aliphatic rings. The standard InChI is InChI=1S/C11H23NO/c1-9(8-13)7-12-6-4-5-10(2)11(12)3/h9-11,13H,4-8H2,1-3H3. The largest absolute Gasteiger partial charge is 0.396 e. The van der Waals surface area contributed by atoms with Crippen molar-refractivity contribution in [3.8, 4) is 0 Å². The van der Waals surface area contributed by atoms with Gasteiger partial charge in [-0.15, -0.1) is 0 Å². The Morgan fingerprint density at radius 3 is 2.77 bits per heavy atom. The number of rotatable bonds is 3. The highest BCUT2D eigenvalue weighted by Crippen LogP contribution is 2.23. The summed E-state index contributed by atoms with van der Waals surface area (Å²) >= 11 is 0. The molecule has 1 saturated heterocycles. The van der Waals surface area contributed by atoms with E-state index in [-0.39, 0.29) is 0 Å². The van der Waals surface area contributed by atoms with Crippen molar-refractivity contribution in [2.75, 3.05) is 19.7 Å². The second kappa shape index (κ2) is 4.97. The molecule has 0 spiro atoms. The first kappa shape index (κ1) is 11.0. The molecule has 1 fully saturated rings. The quantitative estimate of drug-likeness (QED) is 0.724. The second-order valence-electron chi connectivity index (χ2n) is 4.64. The van der Waals surface area contributed by atoms with Gasteiger partial charge in [0.25, 0.3) is 0 Å². The molecular weight excluding hydrogens is 162 g/mol. The van der Waals surface area contributed by atoms with E-state index < -0.39 is 0 Å². The highest BCUT2D eigenvalue weighted by atomic mass is 16.3. The molecule has 0 aliphatic carbocycles. The van der Waals surface area contributed by atoms with Crippen LogP contribution in [-0.4, -0.2) is 35.7 Å². The summed E-state index contributed by atoms with van der Waals surface area (Å²) < 4.78 is 0. The lowest BCUT2D eigenvalue weighted by Gasteiger charge is -2.39. The predicted octanol–water partition coefficient (Wildman–Crippen LogP) is 1.74. The van der Waals surface area contributed by atoms with E-state index in [1.807, 2.05) is 0 Å². The van der Waals surface area contributed by atoms with Gasteiger partial charge < -0.3 is 10.0 Å². The van der Waals surface area contributed by atoms with Crippen molar-refractivity contribution < 1.29 is 5.11 Å². The molecule has 0 aromatic carbocycles. The lowest BCUT2D eigenvalue weighted by Crippen LogP contribution is -2.44. The van der Waals surface area contributed by atoms with Gasteiger partial charge in [-0.25, -0.2) is 0 Å². The van der Waals surface area contributed by atoms with Gasteiger partial charge >= 0.3 is 0 Å². The van der Waals surface area contributed by atoms with E-state index in [0.29, 0.717) is 18.6 Å². The maximum Gasteiger partial charge on any atom is 0.0468 e. The van der Waals surface area contributed by atoms with Crippen LogP contribution in [0.1, 0.15) is 33.6 Å². The molecule has 3 unspecified atom stereocenters.